The van der Waals surface area contributed by atoms with E-state index in [9.17, 15) is 14.4 Å². The molecule has 4 aromatic rings. The predicted molar refractivity (Wildman–Crippen MR) is 148 cm³/mol. The number of nitrogens with one attached hydrogen (secondary N) is 2. The number of amides is 4. The Bertz CT molecular complexity index is 1580. The average Bonchev–Trinajstić information content (AvgIpc) is 3.33. The summed E-state index contributed by atoms with van der Waals surface area (Å²) in [5.74, 6) is 0.761. The van der Waals surface area contributed by atoms with Gasteiger partial charge in [0.15, 0.2) is 0 Å². The van der Waals surface area contributed by atoms with E-state index in [0.29, 0.717) is 64.2 Å². The van der Waals surface area contributed by atoms with E-state index in [2.05, 4.69) is 15.6 Å². The van der Waals surface area contributed by atoms with Crippen molar-refractivity contribution in [2.75, 3.05) is 43.1 Å². The first-order chi connectivity index (χ1) is 19.0. The fraction of sp³-hybridized carbons (Fsp3) is 0.214. The molecule has 0 spiro atoms. The molecule has 2 N–H and O–H groups in total. The third kappa shape index (κ3) is 4.77. The van der Waals surface area contributed by atoms with Gasteiger partial charge >= 0.3 is 6.03 Å². The summed E-state index contributed by atoms with van der Waals surface area (Å²) < 4.78 is 11.2. The maximum Gasteiger partial charge on any atom is 0.331 e. The molecule has 2 aliphatic heterocycles. The van der Waals surface area contributed by atoms with Gasteiger partial charge in [-0.15, -0.1) is 11.3 Å². The number of ether oxygens (including phenoxy) is 2. The molecule has 2 aromatic carbocycles. The maximum absolute atomic E-state index is 13.4. The van der Waals surface area contributed by atoms with Crippen LogP contribution in [0.15, 0.2) is 60.8 Å². The third-order valence-electron chi connectivity index (χ3n) is 6.60. The number of hydrogen-bond acceptors (Lipinski definition) is 7. The van der Waals surface area contributed by atoms with Crippen molar-refractivity contribution in [3.63, 3.8) is 0 Å². The Hall–Kier alpha value is -4.48. The van der Waals surface area contributed by atoms with E-state index in [1.165, 1.54) is 11.3 Å². The van der Waals surface area contributed by atoms with Crippen molar-refractivity contribution < 1.29 is 23.9 Å². The lowest BCUT2D eigenvalue weighted by molar-refractivity contribution is -0.134. The molecule has 10 nitrogen and oxygen atoms in total. The Morgan fingerprint density at radius 2 is 1.87 bits per heavy atom. The van der Waals surface area contributed by atoms with E-state index in [1.54, 1.807) is 22.1 Å². The minimum atomic E-state index is -0.437. The van der Waals surface area contributed by atoms with Gasteiger partial charge in [0.25, 0.3) is 5.91 Å². The Morgan fingerprint density at radius 1 is 1.08 bits per heavy atom. The van der Waals surface area contributed by atoms with Crippen LogP contribution in [0, 0.1) is 6.92 Å². The molecule has 2 aliphatic rings. The van der Waals surface area contributed by atoms with Crippen LogP contribution in [0.1, 0.15) is 15.2 Å². The zero-order chi connectivity index (χ0) is 26.9. The number of thiophene rings is 1. The molecule has 6 rings (SSSR count). The molecule has 39 heavy (non-hydrogen) atoms. The molecule has 0 atom stereocenters. The molecule has 1 saturated heterocycles. The van der Waals surface area contributed by atoms with Crippen molar-refractivity contribution in [2.24, 2.45) is 0 Å². The van der Waals surface area contributed by atoms with Gasteiger partial charge < -0.3 is 25.0 Å². The quantitative estimate of drug-likeness (QED) is 0.366. The second-order valence-corrected chi connectivity index (χ2v) is 10.1. The number of benzene rings is 2. The molecule has 0 saturated carbocycles. The second-order valence-electron chi connectivity index (χ2n) is 9.12. The topological polar surface area (TPSA) is 113 Å². The Balaban J connectivity index is 1.27. The van der Waals surface area contributed by atoms with Crippen molar-refractivity contribution in [2.45, 2.75) is 6.92 Å². The van der Waals surface area contributed by atoms with E-state index in [-0.39, 0.29) is 12.5 Å². The van der Waals surface area contributed by atoms with Crippen molar-refractivity contribution >= 4 is 56.5 Å². The van der Waals surface area contributed by atoms with E-state index in [4.69, 9.17) is 9.47 Å². The monoisotopic (exact) mass is 543 g/mol. The Labute approximate surface area is 228 Å². The summed E-state index contributed by atoms with van der Waals surface area (Å²) in [7, 11) is 0. The molecular weight excluding hydrogens is 518 g/mol. The van der Waals surface area contributed by atoms with E-state index < -0.39 is 11.9 Å². The highest BCUT2D eigenvalue weighted by molar-refractivity contribution is 7.21. The molecule has 0 radical (unpaired) electrons. The highest BCUT2D eigenvalue weighted by Gasteiger charge is 2.33. The SMILES string of the molecule is Cc1cc(Oc2ccccc2)ccc1N1C(=O)Nc2c(C(=O)NCC(=O)N3CCOCC3)sc3nccc1c23. The van der Waals surface area contributed by atoms with Gasteiger partial charge in [0.2, 0.25) is 5.91 Å². The van der Waals surface area contributed by atoms with E-state index in [1.807, 2.05) is 55.5 Å². The van der Waals surface area contributed by atoms with Gasteiger partial charge in [-0.1, -0.05) is 18.2 Å². The fourth-order valence-electron chi connectivity index (χ4n) is 4.71. The summed E-state index contributed by atoms with van der Waals surface area (Å²) in [5, 5.41) is 6.27. The minimum Gasteiger partial charge on any atom is -0.457 e. The molecule has 0 aliphatic carbocycles. The van der Waals surface area contributed by atoms with Crippen molar-refractivity contribution in [3.8, 4) is 11.5 Å². The summed E-state index contributed by atoms with van der Waals surface area (Å²) in [6.45, 7) is 3.75. The zero-order valence-corrected chi connectivity index (χ0v) is 21.9. The van der Waals surface area contributed by atoms with Crippen LogP contribution in [-0.2, 0) is 9.53 Å². The van der Waals surface area contributed by atoms with Crippen LogP contribution in [0.2, 0.25) is 0 Å². The van der Waals surface area contributed by atoms with Crippen LogP contribution in [0.25, 0.3) is 10.2 Å². The number of anilines is 3. The van der Waals surface area contributed by atoms with Gasteiger partial charge in [0.1, 0.15) is 21.2 Å². The summed E-state index contributed by atoms with van der Waals surface area (Å²) >= 11 is 1.18. The van der Waals surface area contributed by atoms with E-state index in [0.717, 1.165) is 11.3 Å². The average molecular weight is 544 g/mol. The summed E-state index contributed by atoms with van der Waals surface area (Å²) in [5.41, 5.74) is 2.54. The van der Waals surface area contributed by atoms with Gasteiger partial charge in [-0.05, 0) is 48.9 Å². The van der Waals surface area contributed by atoms with Crippen LogP contribution in [0.4, 0.5) is 21.9 Å². The lowest BCUT2D eigenvalue weighted by Crippen LogP contribution is -2.45. The van der Waals surface area contributed by atoms with Crippen LogP contribution in [0.3, 0.4) is 0 Å². The number of carbonyl (C=O) groups is 3. The number of carbonyl (C=O) groups excluding carboxylic acids is 3. The number of urea groups is 1. The molecule has 2 aromatic heterocycles. The van der Waals surface area contributed by atoms with Gasteiger partial charge in [0, 0.05) is 19.3 Å². The number of hydrogen-bond donors (Lipinski definition) is 2. The number of para-hydroxylation sites is 1. The molecule has 4 heterocycles. The van der Waals surface area contributed by atoms with Gasteiger partial charge in [-0.3, -0.25) is 14.5 Å². The summed E-state index contributed by atoms with van der Waals surface area (Å²) in [6.07, 6.45) is 1.62. The van der Waals surface area contributed by atoms with Gasteiger partial charge in [-0.2, -0.15) is 0 Å². The van der Waals surface area contributed by atoms with Crippen molar-refractivity contribution in [1.82, 2.24) is 15.2 Å². The van der Waals surface area contributed by atoms with Gasteiger partial charge in [0.05, 0.1) is 42.2 Å². The third-order valence-corrected chi connectivity index (χ3v) is 7.70. The first kappa shape index (κ1) is 24.8. The fourth-order valence-corrected chi connectivity index (χ4v) is 5.75. The normalized spacial score (nSPS) is 14.7. The Morgan fingerprint density at radius 3 is 2.64 bits per heavy atom. The summed E-state index contributed by atoms with van der Waals surface area (Å²) in [4.78, 5) is 47.6. The molecule has 0 bridgehead atoms. The van der Waals surface area contributed by atoms with Crippen LogP contribution in [0.5, 0.6) is 11.5 Å². The highest BCUT2D eigenvalue weighted by Crippen LogP contribution is 2.46. The molecule has 1 fully saturated rings. The number of aryl methyl sites for hydroxylation is 1. The largest absolute Gasteiger partial charge is 0.457 e. The number of pyridine rings is 1. The number of morpholine rings is 1. The van der Waals surface area contributed by atoms with Crippen LogP contribution >= 0.6 is 11.3 Å². The number of rotatable bonds is 6. The second kappa shape index (κ2) is 10.4. The van der Waals surface area contributed by atoms with E-state index >= 15 is 0 Å². The predicted octanol–water partition coefficient (Wildman–Crippen LogP) is 4.67. The summed E-state index contributed by atoms with van der Waals surface area (Å²) in [6, 6.07) is 16.4. The molecular formula is C28H25N5O5S. The van der Waals surface area contributed by atoms with Crippen molar-refractivity contribution in [1.29, 1.82) is 0 Å². The highest BCUT2D eigenvalue weighted by atomic mass is 32.1. The molecule has 198 valence electrons. The van der Waals surface area contributed by atoms with Crippen LogP contribution in [-0.4, -0.2) is 60.6 Å². The molecule has 0 unspecified atom stereocenters. The Kier molecular flexibility index (Phi) is 6.59. The van der Waals surface area contributed by atoms with Crippen LogP contribution < -0.4 is 20.3 Å². The first-order valence-electron chi connectivity index (χ1n) is 12.5. The lowest BCUT2D eigenvalue weighted by Gasteiger charge is -2.29. The number of aromatic nitrogens is 1. The first-order valence-corrected chi connectivity index (χ1v) is 13.3. The smallest absolute Gasteiger partial charge is 0.331 e. The standard InChI is InChI=1S/C28H25N5O5S/c1-17-15-19(38-18-5-3-2-4-6-18)7-8-20(17)33-21-9-10-29-27-23(21)24(31-28(33)36)25(39-27)26(35)30-16-22(34)32-11-13-37-14-12-32/h2-10,15H,11-14,16H2,1H3,(H,30,35)(H,31,36). The lowest BCUT2D eigenvalue weighted by atomic mass is 10.1. The maximum atomic E-state index is 13.4. The number of nitrogens with zero attached hydrogens (tertiary/aromatic N) is 3. The molecule has 4 amide bonds. The zero-order valence-electron chi connectivity index (χ0n) is 21.1. The van der Waals surface area contributed by atoms with Crippen molar-refractivity contribution in [3.05, 3.63) is 71.2 Å². The molecule has 11 heteroatoms. The van der Waals surface area contributed by atoms with Gasteiger partial charge in [-0.25, -0.2) is 9.78 Å². The minimum absolute atomic E-state index is 0.135.